The zero-order valence-electron chi connectivity index (χ0n) is 16.9. The van der Waals surface area contributed by atoms with Crippen LogP contribution in [0.15, 0.2) is 40.6 Å². The normalized spacial score (nSPS) is 15.3. The van der Waals surface area contributed by atoms with E-state index in [0.717, 1.165) is 54.9 Å². The topological polar surface area (TPSA) is 95.6 Å². The lowest BCUT2D eigenvalue weighted by molar-refractivity contribution is -0.137. The third-order valence-corrected chi connectivity index (χ3v) is 7.92. The Kier molecular flexibility index (Phi) is 7.57. The molecule has 0 saturated carbocycles. The van der Waals surface area contributed by atoms with Gasteiger partial charge in [0.1, 0.15) is 9.77 Å². The van der Waals surface area contributed by atoms with E-state index in [0.29, 0.717) is 13.1 Å². The summed E-state index contributed by atoms with van der Waals surface area (Å²) in [5.74, 6) is -1.16. The number of piperidine rings is 1. The van der Waals surface area contributed by atoms with E-state index >= 15 is 0 Å². The van der Waals surface area contributed by atoms with Gasteiger partial charge in [0.2, 0.25) is 10.0 Å². The van der Waals surface area contributed by atoms with E-state index in [2.05, 4.69) is 10.6 Å². The highest BCUT2D eigenvalue weighted by molar-refractivity contribution is 7.89. The van der Waals surface area contributed by atoms with Crippen LogP contribution in [-0.4, -0.2) is 50.7 Å². The van der Waals surface area contributed by atoms with Crippen molar-refractivity contribution in [1.29, 1.82) is 0 Å². The third-order valence-electron chi connectivity index (χ3n) is 4.94. The molecule has 0 unspecified atom stereocenters. The Morgan fingerprint density at radius 2 is 1.53 bits per heavy atom. The van der Waals surface area contributed by atoms with Gasteiger partial charge in [-0.05, 0) is 48.6 Å². The zero-order valence-corrected chi connectivity index (χ0v) is 18.6. The fourth-order valence-corrected chi connectivity index (χ4v) is 6.09. The largest absolute Gasteiger partial charge is 0.416 e. The van der Waals surface area contributed by atoms with Gasteiger partial charge in [-0.15, -0.1) is 11.3 Å². The van der Waals surface area contributed by atoms with Crippen LogP contribution in [-0.2, 0) is 16.2 Å². The molecule has 0 radical (unpaired) electrons. The lowest BCUT2D eigenvalue weighted by atomic mass is 10.1. The third kappa shape index (κ3) is 5.67. The number of halogens is 3. The Hall–Kier alpha value is -2.44. The van der Waals surface area contributed by atoms with Gasteiger partial charge in [0, 0.05) is 31.7 Å². The van der Waals surface area contributed by atoms with Gasteiger partial charge in [0.15, 0.2) is 0 Å². The molecule has 1 aromatic heterocycles. The average Bonchev–Trinajstić information content (AvgIpc) is 3.27. The molecule has 32 heavy (non-hydrogen) atoms. The van der Waals surface area contributed by atoms with Crippen molar-refractivity contribution in [1.82, 2.24) is 14.9 Å². The molecule has 3 rings (SSSR count). The maximum absolute atomic E-state index is 12.9. The number of amides is 2. The highest BCUT2D eigenvalue weighted by Gasteiger charge is 2.31. The Morgan fingerprint density at radius 1 is 0.938 bits per heavy atom. The standard InChI is InChI=1S/C20H22F3N3O4S2/c21-20(22,23)15-6-4-14(5-7-15)18(27)24-9-10-25-19(28)17-16(8-13-31-17)32(29,30)26-11-2-1-3-12-26/h4-8,13H,1-3,9-12H2,(H,24,27)(H,25,28). The molecule has 12 heteroatoms. The van der Waals surface area contributed by atoms with Gasteiger partial charge in [-0.1, -0.05) is 6.42 Å². The molecule has 1 fully saturated rings. The van der Waals surface area contributed by atoms with Gasteiger partial charge in [-0.2, -0.15) is 17.5 Å². The molecule has 7 nitrogen and oxygen atoms in total. The van der Waals surface area contributed by atoms with Gasteiger partial charge < -0.3 is 10.6 Å². The molecular weight excluding hydrogens is 467 g/mol. The quantitative estimate of drug-likeness (QED) is 0.585. The number of thiophene rings is 1. The van der Waals surface area contributed by atoms with Crippen LogP contribution in [0.1, 0.15) is 44.9 Å². The average molecular weight is 490 g/mol. The minimum absolute atomic E-state index is 0.0190. The van der Waals surface area contributed by atoms with Gasteiger partial charge in [-0.25, -0.2) is 8.42 Å². The Labute approximate surface area is 187 Å². The number of nitrogens with one attached hydrogen (secondary N) is 2. The number of carbonyl (C=O) groups excluding carboxylic acids is 2. The number of nitrogens with zero attached hydrogens (tertiary/aromatic N) is 1. The summed E-state index contributed by atoms with van der Waals surface area (Å²) < 4.78 is 64.9. The van der Waals surface area contributed by atoms with Crippen LogP contribution in [0.25, 0.3) is 0 Å². The van der Waals surface area contributed by atoms with E-state index in [1.807, 2.05) is 0 Å². The molecule has 2 aromatic rings. The molecule has 1 aliphatic heterocycles. The molecule has 1 aromatic carbocycles. The smallest absolute Gasteiger partial charge is 0.350 e. The Balaban J connectivity index is 1.53. The second kappa shape index (κ2) is 10.0. The Morgan fingerprint density at radius 3 is 2.12 bits per heavy atom. The number of hydrogen-bond donors (Lipinski definition) is 2. The predicted octanol–water partition coefficient (Wildman–Crippen LogP) is 3.10. The molecule has 0 bridgehead atoms. The summed E-state index contributed by atoms with van der Waals surface area (Å²) in [7, 11) is -3.76. The zero-order chi connectivity index (χ0) is 23.4. The van der Waals surface area contributed by atoms with E-state index < -0.39 is 33.6 Å². The number of carbonyl (C=O) groups is 2. The number of benzene rings is 1. The minimum atomic E-state index is -4.48. The van der Waals surface area contributed by atoms with E-state index in [1.165, 1.54) is 15.8 Å². The fraction of sp³-hybridized carbons (Fsp3) is 0.400. The fourth-order valence-electron chi connectivity index (χ4n) is 3.26. The first-order valence-electron chi connectivity index (χ1n) is 9.92. The summed E-state index contributed by atoms with van der Waals surface area (Å²) in [5.41, 5.74) is -0.801. The van der Waals surface area contributed by atoms with Crippen LogP contribution in [0.2, 0.25) is 0 Å². The van der Waals surface area contributed by atoms with E-state index in [4.69, 9.17) is 0 Å². The number of alkyl halides is 3. The van der Waals surface area contributed by atoms with Gasteiger partial charge in [0.25, 0.3) is 11.8 Å². The van der Waals surface area contributed by atoms with Crippen molar-refractivity contribution >= 4 is 33.2 Å². The monoisotopic (exact) mass is 489 g/mol. The van der Waals surface area contributed by atoms with Crippen LogP contribution in [0, 0.1) is 0 Å². The van der Waals surface area contributed by atoms with Crippen LogP contribution in [0.3, 0.4) is 0 Å². The first kappa shape index (κ1) is 24.2. The molecule has 2 amide bonds. The van der Waals surface area contributed by atoms with Crippen molar-refractivity contribution in [2.75, 3.05) is 26.2 Å². The summed E-state index contributed by atoms with van der Waals surface area (Å²) in [6, 6.07) is 5.19. The lowest BCUT2D eigenvalue weighted by Gasteiger charge is -2.25. The van der Waals surface area contributed by atoms with Crippen molar-refractivity contribution in [2.45, 2.75) is 30.3 Å². The first-order chi connectivity index (χ1) is 15.1. The van der Waals surface area contributed by atoms with Crippen molar-refractivity contribution in [3.05, 3.63) is 51.7 Å². The molecule has 174 valence electrons. The molecule has 0 spiro atoms. The minimum Gasteiger partial charge on any atom is -0.350 e. The highest BCUT2D eigenvalue weighted by Crippen LogP contribution is 2.29. The van der Waals surface area contributed by atoms with Crippen LogP contribution in [0.4, 0.5) is 13.2 Å². The SMILES string of the molecule is O=C(NCCNC(=O)c1sccc1S(=O)(=O)N1CCCCC1)c1ccc(C(F)(F)F)cc1. The maximum Gasteiger partial charge on any atom is 0.416 e. The van der Waals surface area contributed by atoms with Gasteiger partial charge in [0.05, 0.1) is 5.56 Å². The van der Waals surface area contributed by atoms with Crippen LogP contribution >= 0.6 is 11.3 Å². The van der Waals surface area contributed by atoms with Gasteiger partial charge >= 0.3 is 6.18 Å². The van der Waals surface area contributed by atoms with E-state index in [1.54, 1.807) is 0 Å². The summed E-state index contributed by atoms with van der Waals surface area (Å²) in [5, 5.41) is 6.60. The summed E-state index contributed by atoms with van der Waals surface area (Å²) in [6.07, 6.45) is -1.95. The molecular formula is C20H22F3N3O4S2. The number of sulfonamides is 1. The Bertz CT molecular complexity index is 1060. The molecule has 1 aliphatic rings. The van der Waals surface area contributed by atoms with Crippen molar-refractivity contribution in [3.63, 3.8) is 0 Å². The van der Waals surface area contributed by atoms with Crippen molar-refractivity contribution < 1.29 is 31.2 Å². The molecule has 1 saturated heterocycles. The predicted molar refractivity (Wildman–Crippen MR) is 113 cm³/mol. The number of rotatable bonds is 7. The summed E-state index contributed by atoms with van der Waals surface area (Å²) in [4.78, 5) is 24.6. The highest BCUT2D eigenvalue weighted by atomic mass is 32.2. The number of hydrogen-bond acceptors (Lipinski definition) is 5. The lowest BCUT2D eigenvalue weighted by Crippen LogP contribution is -2.37. The van der Waals surface area contributed by atoms with Crippen LogP contribution in [0.5, 0.6) is 0 Å². The maximum atomic E-state index is 12.9. The van der Waals surface area contributed by atoms with E-state index in [9.17, 15) is 31.2 Å². The molecule has 2 N–H and O–H groups in total. The van der Waals surface area contributed by atoms with Crippen molar-refractivity contribution in [2.24, 2.45) is 0 Å². The molecule has 0 atom stereocenters. The first-order valence-corrected chi connectivity index (χ1v) is 12.2. The molecule has 0 aliphatic carbocycles. The van der Waals surface area contributed by atoms with Crippen LogP contribution < -0.4 is 10.6 Å². The second-order valence-corrected chi connectivity index (χ2v) is 9.99. The molecule has 2 heterocycles. The van der Waals surface area contributed by atoms with Crippen molar-refractivity contribution in [3.8, 4) is 0 Å². The second-order valence-electron chi connectivity index (χ2n) is 7.17. The van der Waals surface area contributed by atoms with E-state index in [-0.39, 0.29) is 28.4 Å². The van der Waals surface area contributed by atoms with Gasteiger partial charge in [-0.3, -0.25) is 9.59 Å². The summed E-state index contributed by atoms with van der Waals surface area (Å²) >= 11 is 1.02. The summed E-state index contributed by atoms with van der Waals surface area (Å²) in [6.45, 7) is 0.891.